The van der Waals surface area contributed by atoms with Crippen molar-refractivity contribution in [1.82, 2.24) is 5.32 Å². The van der Waals surface area contributed by atoms with Gasteiger partial charge < -0.3 is 19.5 Å². The molecule has 0 saturated heterocycles. The first kappa shape index (κ1) is 19.5. The number of fused-ring (bicyclic) bond motifs is 2. The zero-order chi connectivity index (χ0) is 19.1. The molecule has 0 radical (unpaired) electrons. The Labute approximate surface area is 160 Å². The average Bonchev–Trinajstić information content (AvgIpc) is 3.28. The second kappa shape index (κ2) is 9.62. The number of esters is 1. The molecule has 2 fully saturated rings. The SMILES string of the molecule is CCOc1ccc(OCCNC(=O)COC(=O)C[C@H]2C[C@@H]3CC[C@@H]2C3)cc1. The number of rotatable bonds is 10. The molecule has 0 spiro atoms. The van der Waals surface area contributed by atoms with Crippen LogP contribution in [0.15, 0.2) is 24.3 Å². The number of carbonyl (C=O) groups is 2. The number of ether oxygens (including phenoxy) is 3. The molecule has 2 bridgehead atoms. The Morgan fingerprint density at radius 2 is 1.81 bits per heavy atom. The van der Waals surface area contributed by atoms with Gasteiger partial charge in [-0.15, -0.1) is 0 Å². The average molecular weight is 375 g/mol. The number of nitrogens with one attached hydrogen (secondary N) is 1. The predicted octanol–water partition coefficient (Wildman–Crippen LogP) is 2.95. The van der Waals surface area contributed by atoms with Gasteiger partial charge in [-0.1, -0.05) is 6.42 Å². The molecular formula is C21H29NO5. The van der Waals surface area contributed by atoms with Gasteiger partial charge in [0, 0.05) is 6.42 Å². The maximum absolute atomic E-state index is 11.9. The highest BCUT2D eigenvalue weighted by Crippen LogP contribution is 2.49. The summed E-state index contributed by atoms with van der Waals surface area (Å²) < 4.78 is 16.0. The molecule has 148 valence electrons. The maximum atomic E-state index is 11.9. The van der Waals surface area contributed by atoms with Crippen molar-refractivity contribution in [2.45, 2.75) is 39.0 Å². The topological polar surface area (TPSA) is 73.9 Å². The van der Waals surface area contributed by atoms with E-state index in [1.54, 1.807) is 0 Å². The van der Waals surface area contributed by atoms with Gasteiger partial charge in [-0.3, -0.25) is 9.59 Å². The van der Waals surface area contributed by atoms with Gasteiger partial charge in [0.25, 0.3) is 5.91 Å². The minimum atomic E-state index is -0.299. The molecule has 1 N–H and O–H groups in total. The van der Waals surface area contributed by atoms with Crippen molar-refractivity contribution >= 4 is 11.9 Å². The molecule has 3 rings (SSSR count). The highest BCUT2D eigenvalue weighted by molar-refractivity contribution is 5.80. The molecule has 0 aliphatic heterocycles. The summed E-state index contributed by atoms with van der Waals surface area (Å²) in [6.07, 6.45) is 5.44. The predicted molar refractivity (Wildman–Crippen MR) is 101 cm³/mol. The van der Waals surface area contributed by atoms with E-state index in [9.17, 15) is 9.59 Å². The van der Waals surface area contributed by atoms with Crippen molar-refractivity contribution in [2.24, 2.45) is 17.8 Å². The van der Waals surface area contributed by atoms with Crippen molar-refractivity contribution in [3.8, 4) is 11.5 Å². The van der Waals surface area contributed by atoms with Crippen LogP contribution in [0.1, 0.15) is 39.0 Å². The Kier molecular flexibility index (Phi) is 6.96. The first-order valence-electron chi connectivity index (χ1n) is 9.92. The minimum Gasteiger partial charge on any atom is -0.494 e. The monoisotopic (exact) mass is 375 g/mol. The van der Waals surface area contributed by atoms with Crippen LogP contribution >= 0.6 is 0 Å². The third kappa shape index (κ3) is 5.88. The van der Waals surface area contributed by atoms with Crippen LogP contribution in [0.5, 0.6) is 11.5 Å². The molecular weight excluding hydrogens is 346 g/mol. The third-order valence-electron chi connectivity index (χ3n) is 5.51. The second-order valence-electron chi connectivity index (χ2n) is 7.40. The van der Waals surface area contributed by atoms with E-state index in [1.807, 2.05) is 31.2 Å². The van der Waals surface area contributed by atoms with Gasteiger partial charge in [-0.25, -0.2) is 0 Å². The molecule has 1 aromatic rings. The van der Waals surface area contributed by atoms with Crippen LogP contribution in [0.2, 0.25) is 0 Å². The van der Waals surface area contributed by atoms with Crippen LogP contribution in [-0.4, -0.2) is 38.2 Å². The van der Waals surface area contributed by atoms with Gasteiger partial charge >= 0.3 is 5.97 Å². The van der Waals surface area contributed by atoms with Gasteiger partial charge in [-0.2, -0.15) is 0 Å². The van der Waals surface area contributed by atoms with Gasteiger partial charge in [0.15, 0.2) is 6.61 Å². The summed E-state index contributed by atoms with van der Waals surface area (Å²) in [6, 6.07) is 7.33. The van der Waals surface area contributed by atoms with Gasteiger partial charge in [0.2, 0.25) is 0 Å². The van der Waals surface area contributed by atoms with E-state index in [2.05, 4.69) is 5.32 Å². The van der Waals surface area contributed by atoms with E-state index in [-0.39, 0.29) is 18.5 Å². The molecule has 2 aliphatic rings. The largest absolute Gasteiger partial charge is 0.494 e. The molecule has 6 heteroatoms. The zero-order valence-corrected chi connectivity index (χ0v) is 15.9. The number of hydrogen-bond acceptors (Lipinski definition) is 5. The Balaban J connectivity index is 1.24. The second-order valence-corrected chi connectivity index (χ2v) is 7.40. The van der Waals surface area contributed by atoms with Crippen LogP contribution in [0.25, 0.3) is 0 Å². The van der Waals surface area contributed by atoms with Crippen molar-refractivity contribution in [2.75, 3.05) is 26.4 Å². The quantitative estimate of drug-likeness (QED) is 0.503. The molecule has 2 aliphatic carbocycles. The fourth-order valence-electron chi connectivity index (χ4n) is 4.25. The Hall–Kier alpha value is -2.24. The van der Waals surface area contributed by atoms with Crippen molar-refractivity contribution in [3.63, 3.8) is 0 Å². The van der Waals surface area contributed by atoms with Crippen LogP contribution in [0, 0.1) is 17.8 Å². The lowest BCUT2D eigenvalue weighted by molar-refractivity contribution is -0.149. The highest BCUT2D eigenvalue weighted by Gasteiger charge is 2.40. The van der Waals surface area contributed by atoms with Gasteiger partial charge in [-0.05, 0) is 68.2 Å². The molecule has 1 amide bonds. The van der Waals surface area contributed by atoms with Crippen LogP contribution in [0.4, 0.5) is 0 Å². The van der Waals surface area contributed by atoms with Crippen molar-refractivity contribution in [1.29, 1.82) is 0 Å². The number of amides is 1. The summed E-state index contributed by atoms with van der Waals surface area (Å²) >= 11 is 0. The lowest BCUT2D eigenvalue weighted by atomic mass is 9.86. The summed E-state index contributed by atoms with van der Waals surface area (Å²) in [5, 5.41) is 2.69. The summed E-state index contributed by atoms with van der Waals surface area (Å²) in [6.45, 7) is 3.04. The summed E-state index contributed by atoms with van der Waals surface area (Å²) in [4.78, 5) is 23.7. The standard InChI is InChI=1S/C21H29NO5/c1-2-25-18-5-7-19(8-6-18)26-10-9-22-20(23)14-27-21(24)13-17-12-15-3-4-16(17)11-15/h5-8,15-17H,2-4,9-14H2,1H3,(H,22,23)/t15-,16-,17-/m1/s1. The Morgan fingerprint density at radius 3 is 2.44 bits per heavy atom. The van der Waals surface area contributed by atoms with Gasteiger partial charge in [0.1, 0.15) is 18.1 Å². The fraction of sp³-hybridized carbons (Fsp3) is 0.619. The minimum absolute atomic E-state index is 0.220. The first-order chi connectivity index (χ1) is 13.1. The molecule has 27 heavy (non-hydrogen) atoms. The van der Waals surface area contributed by atoms with Crippen LogP contribution < -0.4 is 14.8 Å². The Morgan fingerprint density at radius 1 is 1.07 bits per heavy atom. The van der Waals surface area contributed by atoms with Crippen LogP contribution in [-0.2, 0) is 14.3 Å². The van der Waals surface area contributed by atoms with E-state index in [0.717, 1.165) is 18.1 Å². The van der Waals surface area contributed by atoms with E-state index in [0.29, 0.717) is 43.8 Å². The van der Waals surface area contributed by atoms with E-state index >= 15 is 0 Å². The maximum Gasteiger partial charge on any atom is 0.306 e. The molecule has 0 unspecified atom stereocenters. The third-order valence-corrected chi connectivity index (χ3v) is 5.51. The zero-order valence-electron chi connectivity index (χ0n) is 15.9. The smallest absolute Gasteiger partial charge is 0.306 e. The summed E-state index contributed by atoms with van der Waals surface area (Å²) in [7, 11) is 0. The fourth-order valence-corrected chi connectivity index (χ4v) is 4.25. The van der Waals surface area contributed by atoms with E-state index in [4.69, 9.17) is 14.2 Å². The van der Waals surface area contributed by atoms with Gasteiger partial charge in [0.05, 0.1) is 13.2 Å². The molecule has 3 atom stereocenters. The molecule has 2 saturated carbocycles. The van der Waals surface area contributed by atoms with Crippen molar-refractivity contribution < 1.29 is 23.8 Å². The Bertz CT molecular complexity index is 630. The first-order valence-corrected chi connectivity index (χ1v) is 9.92. The van der Waals surface area contributed by atoms with Crippen LogP contribution in [0.3, 0.4) is 0 Å². The molecule has 6 nitrogen and oxygen atoms in total. The number of hydrogen-bond donors (Lipinski definition) is 1. The molecule has 1 aromatic carbocycles. The summed E-state index contributed by atoms with van der Waals surface area (Å²) in [5.41, 5.74) is 0. The molecule has 0 heterocycles. The normalized spacial score (nSPS) is 23.1. The highest BCUT2D eigenvalue weighted by atomic mass is 16.5. The van der Waals surface area contributed by atoms with Crippen molar-refractivity contribution in [3.05, 3.63) is 24.3 Å². The summed E-state index contributed by atoms with van der Waals surface area (Å²) in [5.74, 6) is 2.92. The lowest BCUT2D eigenvalue weighted by Crippen LogP contribution is -2.32. The van der Waals surface area contributed by atoms with E-state index < -0.39 is 0 Å². The van der Waals surface area contributed by atoms with E-state index in [1.165, 1.54) is 19.3 Å². The number of benzene rings is 1. The lowest BCUT2D eigenvalue weighted by Gasteiger charge is -2.20. The number of carbonyl (C=O) groups excluding carboxylic acids is 2. The molecule has 0 aromatic heterocycles.